The van der Waals surface area contributed by atoms with Crippen molar-refractivity contribution in [3.63, 3.8) is 0 Å². The van der Waals surface area contributed by atoms with E-state index in [1.54, 1.807) is 13.8 Å². The van der Waals surface area contributed by atoms with Gasteiger partial charge in [-0.3, -0.25) is 0 Å². The predicted octanol–water partition coefficient (Wildman–Crippen LogP) is 0.00514. The smallest absolute Gasteiger partial charge is 0.404 e. The van der Waals surface area contributed by atoms with Crippen LogP contribution in [0.4, 0.5) is 9.59 Å². The summed E-state index contributed by atoms with van der Waals surface area (Å²) in [5, 5.41) is 10.8. The van der Waals surface area contributed by atoms with Crippen molar-refractivity contribution in [3.8, 4) is 0 Å². The molecule has 2 amide bonds. The summed E-state index contributed by atoms with van der Waals surface area (Å²) in [6.45, 7) is 4.11. The van der Waals surface area contributed by atoms with Crippen LogP contribution in [0.25, 0.3) is 0 Å². The summed E-state index contributed by atoms with van der Waals surface area (Å²) >= 11 is 0. The molecule has 0 saturated carbocycles. The Morgan fingerprint density at radius 2 is 1.11 bits per heavy atom. The van der Waals surface area contributed by atoms with E-state index < -0.39 is 12.2 Å². The predicted molar refractivity (Wildman–Crippen MR) is 59.2 cm³/mol. The van der Waals surface area contributed by atoms with Gasteiger partial charge in [0.2, 0.25) is 12.2 Å². The molecule has 10 heteroatoms. The molecule has 0 aliphatic carbocycles. The Morgan fingerprint density at radius 3 is 1.11 bits per heavy atom. The lowest BCUT2D eigenvalue weighted by atomic mass is 10.9. The SMILES string of the molecule is CCOC(N)=O.CCOC(N)=O.N=C=O.N=C=O. The van der Waals surface area contributed by atoms with Gasteiger partial charge in [-0.2, -0.15) is 0 Å². The molecular weight excluding hydrogens is 248 g/mol. The molecule has 10 nitrogen and oxygen atoms in total. The van der Waals surface area contributed by atoms with Crippen molar-refractivity contribution in [2.24, 2.45) is 11.5 Å². The van der Waals surface area contributed by atoms with Crippen LogP contribution in [0.1, 0.15) is 13.8 Å². The first-order chi connectivity index (χ1) is 8.37. The van der Waals surface area contributed by atoms with Crippen LogP contribution in [-0.4, -0.2) is 37.6 Å². The number of hydrogen-bond donors (Lipinski definition) is 4. The highest BCUT2D eigenvalue weighted by molar-refractivity contribution is 5.64. The number of primary amides is 2. The molecule has 0 rings (SSSR count). The first-order valence-corrected chi connectivity index (χ1v) is 4.29. The van der Waals surface area contributed by atoms with E-state index in [0.717, 1.165) is 12.2 Å². The number of rotatable bonds is 2. The molecule has 0 aliphatic rings. The minimum Gasteiger partial charge on any atom is -0.450 e. The van der Waals surface area contributed by atoms with E-state index in [-0.39, 0.29) is 0 Å². The zero-order chi connectivity index (χ0) is 15.4. The fraction of sp³-hybridized carbons (Fsp3) is 0.500. The van der Waals surface area contributed by atoms with Gasteiger partial charge in [-0.05, 0) is 13.8 Å². The quantitative estimate of drug-likeness (QED) is 0.401. The van der Waals surface area contributed by atoms with Crippen LogP contribution < -0.4 is 11.5 Å². The molecule has 0 bridgehead atoms. The molecule has 0 aromatic rings. The van der Waals surface area contributed by atoms with Crippen LogP contribution in [0.15, 0.2) is 0 Å². The minimum absolute atomic E-state index is 0.356. The topological polar surface area (TPSA) is 186 Å². The Balaban J connectivity index is -0.0000000770. The number of amides is 2. The number of isocyanates is 2. The number of hydrogen-bond acceptors (Lipinski definition) is 8. The Morgan fingerprint density at radius 1 is 0.944 bits per heavy atom. The molecule has 0 heterocycles. The molecular formula is C8H16N4O6. The third-order valence-corrected chi connectivity index (χ3v) is 0.573. The average Bonchev–Trinajstić information content (AvgIpc) is 2.20. The van der Waals surface area contributed by atoms with Gasteiger partial charge in [-0.15, -0.1) is 0 Å². The number of carbonyl (C=O) groups is 2. The third-order valence-electron chi connectivity index (χ3n) is 0.573. The minimum atomic E-state index is -0.711. The Hall–Kier alpha value is -2.70. The maximum absolute atomic E-state index is 9.60. The molecule has 0 fully saturated rings. The lowest BCUT2D eigenvalue weighted by Crippen LogP contribution is -2.11. The molecule has 6 N–H and O–H groups in total. The van der Waals surface area contributed by atoms with Crippen LogP contribution in [0.2, 0.25) is 0 Å². The number of nitrogens with one attached hydrogen (secondary N) is 2. The van der Waals surface area contributed by atoms with E-state index >= 15 is 0 Å². The van der Waals surface area contributed by atoms with Gasteiger partial charge >= 0.3 is 12.2 Å². The Labute approximate surface area is 103 Å². The lowest BCUT2D eigenvalue weighted by Gasteiger charge is -1.89. The van der Waals surface area contributed by atoms with E-state index in [0.29, 0.717) is 13.2 Å². The van der Waals surface area contributed by atoms with Crippen LogP contribution in [-0.2, 0) is 19.1 Å². The number of nitrogens with two attached hydrogens (primary N) is 2. The van der Waals surface area contributed by atoms with E-state index in [9.17, 15) is 9.59 Å². The first-order valence-electron chi connectivity index (χ1n) is 4.29. The highest BCUT2D eigenvalue weighted by Crippen LogP contribution is 1.66. The summed E-state index contributed by atoms with van der Waals surface area (Å²) < 4.78 is 8.36. The Bertz CT molecular complexity index is 241. The van der Waals surface area contributed by atoms with Crippen LogP contribution in [0.5, 0.6) is 0 Å². The van der Waals surface area contributed by atoms with Gasteiger partial charge in [0, 0.05) is 0 Å². The zero-order valence-corrected chi connectivity index (χ0v) is 10.0. The molecule has 0 atom stereocenters. The van der Waals surface area contributed by atoms with Crippen LogP contribution in [0, 0.1) is 10.8 Å². The lowest BCUT2D eigenvalue weighted by molar-refractivity contribution is 0.162. The van der Waals surface area contributed by atoms with Gasteiger partial charge in [0.05, 0.1) is 13.2 Å². The second-order valence-electron chi connectivity index (χ2n) is 1.71. The van der Waals surface area contributed by atoms with Gasteiger partial charge in [0.15, 0.2) is 0 Å². The summed E-state index contributed by atoms with van der Waals surface area (Å²) in [6, 6.07) is 0. The normalized spacial score (nSPS) is 5.89. The summed E-state index contributed by atoms with van der Waals surface area (Å²) in [6.07, 6.45) is 0.0787. The van der Waals surface area contributed by atoms with Crippen molar-refractivity contribution in [2.75, 3.05) is 13.2 Å². The maximum Gasteiger partial charge on any atom is 0.404 e. The van der Waals surface area contributed by atoms with Gasteiger partial charge < -0.3 is 20.9 Å². The van der Waals surface area contributed by atoms with E-state index in [1.165, 1.54) is 0 Å². The Kier molecular flexibility index (Phi) is 39.8. The average molecular weight is 264 g/mol. The third kappa shape index (κ3) is 185. The van der Waals surface area contributed by atoms with Crippen molar-refractivity contribution in [3.05, 3.63) is 0 Å². The molecule has 0 spiro atoms. The van der Waals surface area contributed by atoms with E-state index in [4.69, 9.17) is 20.4 Å². The molecule has 0 aromatic heterocycles. The summed E-state index contributed by atoms with van der Waals surface area (Å²) in [5.41, 5.74) is 9.08. The summed E-state index contributed by atoms with van der Waals surface area (Å²) in [5.74, 6) is 0. The van der Waals surface area contributed by atoms with E-state index in [2.05, 4.69) is 20.9 Å². The van der Waals surface area contributed by atoms with Crippen molar-refractivity contribution >= 4 is 24.3 Å². The van der Waals surface area contributed by atoms with Crippen molar-refractivity contribution < 1.29 is 28.7 Å². The fourth-order valence-electron chi connectivity index (χ4n) is 0.285. The first kappa shape index (κ1) is 24.5. The molecule has 18 heavy (non-hydrogen) atoms. The molecule has 0 aromatic carbocycles. The number of ether oxygens (including phenoxy) is 2. The highest BCUT2D eigenvalue weighted by Gasteiger charge is 1.82. The molecule has 0 saturated heterocycles. The second-order valence-corrected chi connectivity index (χ2v) is 1.71. The van der Waals surface area contributed by atoms with E-state index in [1.807, 2.05) is 0 Å². The van der Waals surface area contributed by atoms with Crippen molar-refractivity contribution in [1.29, 1.82) is 10.8 Å². The monoisotopic (exact) mass is 264 g/mol. The van der Waals surface area contributed by atoms with Crippen LogP contribution >= 0.6 is 0 Å². The standard InChI is InChI=1S/2C3H7NO2.2CHNO/c2*1-2-6-3(4)5;2*2-1-3/h2*2H2,1H3,(H2,4,5);2*2H. The van der Waals surface area contributed by atoms with Crippen molar-refractivity contribution in [1.82, 2.24) is 0 Å². The largest absolute Gasteiger partial charge is 0.450 e. The summed E-state index contributed by atoms with van der Waals surface area (Å²) in [7, 11) is 0. The molecule has 0 aliphatic heterocycles. The highest BCUT2D eigenvalue weighted by atomic mass is 16.5. The molecule has 0 radical (unpaired) electrons. The fourth-order valence-corrected chi connectivity index (χ4v) is 0.285. The van der Waals surface area contributed by atoms with Gasteiger partial charge in [0.1, 0.15) is 0 Å². The van der Waals surface area contributed by atoms with Crippen LogP contribution in [0.3, 0.4) is 0 Å². The second kappa shape index (κ2) is 29.2. The van der Waals surface area contributed by atoms with Gasteiger partial charge in [0.25, 0.3) is 0 Å². The maximum atomic E-state index is 9.60. The van der Waals surface area contributed by atoms with Gasteiger partial charge in [-0.25, -0.2) is 30.0 Å². The molecule has 104 valence electrons. The summed E-state index contributed by atoms with van der Waals surface area (Å²) in [4.78, 5) is 35.9. The zero-order valence-electron chi connectivity index (χ0n) is 10.0. The van der Waals surface area contributed by atoms with Gasteiger partial charge in [-0.1, -0.05) is 0 Å². The molecule has 0 unspecified atom stereocenters. The number of carbonyl (C=O) groups excluding carboxylic acids is 4. The van der Waals surface area contributed by atoms with Crippen molar-refractivity contribution in [2.45, 2.75) is 13.8 Å².